The van der Waals surface area contributed by atoms with Crippen LogP contribution in [0.3, 0.4) is 0 Å². The summed E-state index contributed by atoms with van der Waals surface area (Å²) in [5, 5.41) is 0.587. The van der Waals surface area contributed by atoms with E-state index in [2.05, 4.69) is 6.92 Å². The van der Waals surface area contributed by atoms with Crippen molar-refractivity contribution in [3.8, 4) is 16.2 Å². The van der Waals surface area contributed by atoms with E-state index in [0.717, 1.165) is 33.8 Å². The molecule has 0 unspecified atom stereocenters. The molecule has 186 valence electrons. The highest BCUT2D eigenvalue weighted by molar-refractivity contribution is 7.87. The van der Waals surface area contributed by atoms with Crippen LogP contribution < -0.4 is 9.08 Å². The van der Waals surface area contributed by atoms with E-state index in [9.17, 15) is 13.2 Å². The third-order valence-corrected chi connectivity index (χ3v) is 8.13. The van der Waals surface area contributed by atoms with E-state index in [1.807, 2.05) is 42.5 Å². The number of thiophene rings is 1. The summed E-state index contributed by atoms with van der Waals surface area (Å²) in [6, 6.07) is 26.3. The molecule has 0 aliphatic heterocycles. The van der Waals surface area contributed by atoms with Crippen molar-refractivity contribution < 1.29 is 17.4 Å². The number of rotatable bonds is 10. The molecule has 36 heavy (non-hydrogen) atoms. The lowest BCUT2D eigenvalue weighted by Crippen LogP contribution is -2.29. The molecular weight excluding hydrogens is 514 g/mol. The Hall–Kier alpha value is -3.13. The third kappa shape index (κ3) is 6.55. The molecule has 1 heterocycles. The summed E-state index contributed by atoms with van der Waals surface area (Å²) in [5.41, 5.74) is 1.71. The Labute approximate surface area is 221 Å². The van der Waals surface area contributed by atoms with Crippen LogP contribution in [0.4, 0.5) is 5.69 Å². The van der Waals surface area contributed by atoms with Gasteiger partial charge in [0.05, 0.1) is 6.54 Å². The number of hydrogen-bond donors (Lipinski definition) is 0. The topological polar surface area (TPSA) is 63.7 Å². The molecule has 0 aliphatic rings. The monoisotopic (exact) mass is 539 g/mol. The lowest BCUT2D eigenvalue weighted by atomic mass is 10.2. The van der Waals surface area contributed by atoms with Crippen molar-refractivity contribution in [1.29, 1.82) is 0 Å². The number of nitrogens with zero attached hydrogens (tertiary/aromatic N) is 1. The fourth-order valence-electron chi connectivity index (χ4n) is 3.64. The predicted octanol–water partition coefficient (Wildman–Crippen LogP) is 7.56. The number of amides is 1. The van der Waals surface area contributed by atoms with Gasteiger partial charge in [0, 0.05) is 26.9 Å². The normalized spacial score (nSPS) is 11.3. The second kappa shape index (κ2) is 11.7. The zero-order valence-electron chi connectivity index (χ0n) is 19.8. The number of carbonyl (C=O) groups is 1. The summed E-state index contributed by atoms with van der Waals surface area (Å²) < 4.78 is 30.2. The molecule has 0 fully saturated rings. The average molecular weight is 540 g/mol. The Morgan fingerprint density at radius 2 is 1.69 bits per heavy atom. The zero-order valence-corrected chi connectivity index (χ0v) is 22.2. The predicted molar refractivity (Wildman–Crippen MR) is 146 cm³/mol. The second-order valence-electron chi connectivity index (χ2n) is 8.20. The van der Waals surface area contributed by atoms with Gasteiger partial charge in [-0.2, -0.15) is 8.42 Å². The number of benzene rings is 3. The third-order valence-electron chi connectivity index (χ3n) is 5.52. The second-order valence-corrected chi connectivity index (χ2v) is 11.4. The Bertz CT molecular complexity index is 1420. The first-order valence-electron chi connectivity index (χ1n) is 11.6. The van der Waals surface area contributed by atoms with E-state index in [0.29, 0.717) is 18.0 Å². The van der Waals surface area contributed by atoms with E-state index < -0.39 is 10.1 Å². The first-order valence-corrected chi connectivity index (χ1v) is 14.2. The summed E-state index contributed by atoms with van der Waals surface area (Å²) in [7, 11) is -3.89. The number of hydrogen-bond acceptors (Lipinski definition) is 5. The van der Waals surface area contributed by atoms with Gasteiger partial charge >= 0.3 is 10.1 Å². The van der Waals surface area contributed by atoms with Crippen molar-refractivity contribution in [3.05, 3.63) is 101 Å². The maximum absolute atomic E-state index is 13.0. The quantitative estimate of drug-likeness (QED) is 0.195. The minimum atomic E-state index is -3.89. The first kappa shape index (κ1) is 25.9. The molecular formula is C28H26ClNO4S2. The summed E-state index contributed by atoms with van der Waals surface area (Å²) in [6.45, 7) is 2.51. The Morgan fingerprint density at radius 1 is 0.944 bits per heavy atom. The molecule has 0 spiro atoms. The molecule has 4 rings (SSSR count). The number of carbonyl (C=O) groups excluding carboxylic acids is 1. The van der Waals surface area contributed by atoms with Crippen molar-refractivity contribution in [3.63, 3.8) is 0 Å². The highest BCUT2D eigenvalue weighted by Crippen LogP contribution is 2.32. The number of unbranched alkanes of at least 4 members (excludes halogenated alkanes) is 1. The van der Waals surface area contributed by atoms with Crippen LogP contribution >= 0.6 is 22.9 Å². The number of anilines is 1. The van der Waals surface area contributed by atoms with Crippen LogP contribution in [0, 0.1) is 0 Å². The van der Waals surface area contributed by atoms with Gasteiger partial charge in [0.25, 0.3) is 0 Å². The van der Waals surface area contributed by atoms with E-state index in [4.69, 9.17) is 15.8 Å². The molecule has 0 saturated heterocycles. The molecule has 8 heteroatoms. The van der Waals surface area contributed by atoms with Gasteiger partial charge in [-0.1, -0.05) is 49.2 Å². The highest BCUT2D eigenvalue weighted by Gasteiger charge is 2.18. The van der Waals surface area contributed by atoms with Crippen molar-refractivity contribution in [1.82, 2.24) is 0 Å². The Kier molecular flexibility index (Phi) is 8.46. The minimum absolute atomic E-state index is 0.0650. The SMILES string of the molecule is CCCCC(=O)N(Cc1ccc(-c2ccc(OS(=O)(=O)c3ccccc3)cc2)s1)c1cccc(Cl)c1. The highest BCUT2D eigenvalue weighted by atomic mass is 35.5. The Balaban J connectivity index is 1.49. The fraction of sp³-hybridized carbons (Fsp3) is 0.179. The molecule has 0 aliphatic carbocycles. The van der Waals surface area contributed by atoms with Gasteiger partial charge in [0.1, 0.15) is 10.6 Å². The molecule has 0 bridgehead atoms. The zero-order chi connectivity index (χ0) is 25.5. The summed E-state index contributed by atoms with van der Waals surface area (Å²) in [5.74, 6) is 0.309. The van der Waals surface area contributed by atoms with Crippen LogP contribution in [0.15, 0.2) is 95.9 Å². The Morgan fingerprint density at radius 3 is 2.39 bits per heavy atom. The van der Waals surface area contributed by atoms with Gasteiger partial charge in [-0.25, -0.2) is 0 Å². The summed E-state index contributed by atoms with van der Waals surface area (Å²) in [4.78, 5) is 16.9. The van der Waals surface area contributed by atoms with Crippen molar-refractivity contribution in [2.75, 3.05) is 4.90 Å². The smallest absolute Gasteiger partial charge is 0.339 e. The van der Waals surface area contributed by atoms with Crippen LogP contribution in [0.2, 0.25) is 5.02 Å². The van der Waals surface area contributed by atoms with Crippen LogP contribution in [0.5, 0.6) is 5.75 Å². The molecule has 1 amide bonds. The molecule has 4 aromatic rings. The van der Waals surface area contributed by atoms with E-state index in [-0.39, 0.29) is 16.6 Å². The van der Waals surface area contributed by atoms with Gasteiger partial charge < -0.3 is 9.08 Å². The van der Waals surface area contributed by atoms with E-state index >= 15 is 0 Å². The summed E-state index contributed by atoms with van der Waals surface area (Å²) >= 11 is 7.77. The first-order chi connectivity index (χ1) is 17.4. The van der Waals surface area contributed by atoms with Crippen LogP contribution in [-0.4, -0.2) is 14.3 Å². The van der Waals surface area contributed by atoms with Gasteiger partial charge in [0.15, 0.2) is 0 Å². The van der Waals surface area contributed by atoms with Crippen LogP contribution in [0.25, 0.3) is 10.4 Å². The van der Waals surface area contributed by atoms with E-state index in [1.165, 1.54) is 12.1 Å². The van der Waals surface area contributed by atoms with Gasteiger partial charge in [0.2, 0.25) is 5.91 Å². The maximum Gasteiger partial charge on any atom is 0.339 e. The van der Waals surface area contributed by atoms with Gasteiger partial charge in [-0.3, -0.25) is 4.79 Å². The van der Waals surface area contributed by atoms with Crippen molar-refractivity contribution in [2.45, 2.75) is 37.6 Å². The lowest BCUT2D eigenvalue weighted by molar-refractivity contribution is -0.118. The average Bonchev–Trinajstić information content (AvgIpc) is 3.35. The van der Waals surface area contributed by atoms with Gasteiger partial charge in [-0.15, -0.1) is 11.3 Å². The molecule has 0 radical (unpaired) electrons. The van der Waals surface area contributed by atoms with E-state index in [1.54, 1.807) is 52.6 Å². The number of halogens is 1. The molecule has 1 aromatic heterocycles. The van der Waals surface area contributed by atoms with Crippen LogP contribution in [-0.2, 0) is 21.5 Å². The fourth-order valence-corrected chi connectivity index (χ4v) is 5.78. The molecule has 0 atom stereocenters. The standard InChI is InChI=1S/C28H26ClNO4S2/c1-2-3-12-28(31)30(23-9-7-8-22(29)19-23)20-25-17-18-27(35-25)21-13-15-24(16-14-21)34-36(32,33)26-10-5-4-6-11-26/h4-11,13-19H,2-3,12,20H2,1H3. The summed E-state index contributed by atoms with van der Waals surface area (Å²) in [6.07, 6.45) is 2.26. The lowest BCUT2D eigenvalue weighted by Gasteiger charge is -2.22. The largest absolute Gasteiger partial charge is 0.379 e. The molecule has 0 saturated carbocycles. The van der Waals surface area contributed by atoms with Crippen LogP contribution in [0.1, 0.15) is 31.1 Å². The minimum Gasteiger partial charge on any atom is -0.379 e. The van der Waals surface area contributed by atoms with Gasteiger partial charge in [-0.05, 0) is 78.7 Å². The molecule has 5 nitrogen and oxygen atoms in total. The molecule has 3 aromatic carbocycles. The van der Waals surface area contributed by atoms with Crippen molar-refractivity contribution in [2.24, 2.45) is 0 Å². The maximum atomic E-state index is 13.0. The molecule has 0 N–H and O–H groups in total. The van der Waals surface area contributed by atoms with Crippen molar-refractivity contribution >= 4 is 44.7 Å².